The van der Waals surface area contributed by atoms with E-state index in [1.54, 1.807) is 0 Å². The van der Waals surface area contributed by atoms with E-state index < -0.39 is 0 Å². The fourth-order valence-corrected chi connectivity index (χ4v) is 3.36. The van der Waals surface area contributed by atoms with Gasteiger partial charge in [0, 0.05) is 0 Å². The summed E-state index contributed by atoms with van der Waals surface area (Å²) >= 11 is 0. The zero-order valence-corrected chi connectivity index (χ0v) is 12.3. The van der Waals surface area contributed by atoms with Crippen LogP contribution in [0.1, 0.15) is 97.3 Å². The highest BCUT2D eigenvalue weighted by Crippen LogP contribution is 2.29. The molecule has 1 aliphatic rings. The normalized spacial score (nSPS) is 27.9. The average molecular weight is 238 g/mol. The summed E-state index contributed by atoms with van der Waals surface area (Å²) in [6, 6.07) is 0. The molecule has 2 unspecified atom stereocenters. The van der Waals surface area contributed by atoms with Gasteiger partial charge in [-0.05, 0) is 11.8 Å². The lowest BCUT2D eigenvalue weighted by Crippen LogP contribution is -2.08. The van der Waals surface area contributed by atoms with Gasteiger partial charge in [0.25, 0.3) is 0 Å². The molecule has 1 fully saturated rings. The number of hydrogen-bond acceptors (Lipinski definition) is 0. The summed E-state index contributed by atoms with van der Waals surface area (Å²) in [4.78, 5) is 0. The van der Waals surface area contributed by atoms with E-state index in [2.05, 4.69) is 13.8 Å². The molecular weight excluding hydrogens is 204 g/mol. The van der Waals surface area contributed by atoms with Gasteiger partial charge in [-0.25, -0.2) is 0 Å². The van der Waals surface area contributed by atoms with Crippen molar-refractivity contribution >= 4 is 0 Å². The van der Waals surface area contributed by atoms with Crippen LogP contribution in [0, 0.1) is 11.8 Å². The van der Waals surface area contributed by atoms with E-state index in [1.165, 1.54) is 83.5 Å². The molecule has 1 aliphatic carbocycles. The van der Waals surface area contributed by atoms with Crippen LogP contribution in [0.5, 0.6) is 0 Å². The van der Waals surface area contributed by atoms with Crippen LogP contribution >= 0.6 is 0 Å². The fourth-order valence-electron chi connectivity index (χ4n) is 3.36. The van der Waals surface area contributed by atoms with Crippen molar-refractivity contribution in [1.29, 1.82) is 0 Å². The van der Waals surface area contributed by atoms with Crippen LogP contribution < -0.4 is 0 Å². The zero-order valence-electron chi connectivity index (χ0n) is 12.3. The van der Waals surface area contributed by atoms with Crippen molar-refractivity contribution in [2.24, 2.45) is 11.8 Å². The summed E-state index contributed by atoms with van der Waals surface area (Å²) in [5.41, 5.74) is 0. The Morgan fingerprint density at radius 1 is 0.706 bits per heavy atom. The first-order chi connectivity index (χ1) is 8.36. The second-order valence-corrected chi connectivity index (χ2v) is 6.20. The molecule has 0 aromatic rings. The third-order valence-corrected chi connectivity index (χ3v) is 4.75. The third kappa shape index (κ3) is 7.11. The lowest BCUT2D eigenvalue weighted by Gasteiger charge is -2.22. The molecule has 0 aliphatic heterocycles. The Bertz CT molecular complexity index is 159. The summed E-state index contributed by atoms with van der Waals surface area (Å²) in [7, 11) is 0. The van der Waals surface area contributed by atoms with Gasteiger partial charge in [-0.2, -0.15) is 0 Å². The lowest BCUT2D eigenvalue weighted by atomic mass is 9.84. The van der Waals surface area contributed by atoms with Crippen LogP contribution in [0.2, 0.25) is 0 Å². The Balaban J connectivity index is 2.28. The van der Waals surface area contributed by atoms with Gasteiger partial charge in [0.1, 0.15) is 0 Å². The first-order valence-corrected chi connectivity index (χ1v) is 8.36. The summed E-state index contributed by atoms with van der Waals surface area (Å²) in [5, 5.41) is 0. The molecule has 0 bridgehead atoms. The third-order valence-electron chi connectivity index (χ3n) is 4.75. The molecule has 0 aromatic heterocycles. The summed E-state index contributed by atoms with van der Waals surface area (Å²) < 4.78 is 0. The largest absolute Gasteiger partial charge is 0.0654 e. The Labute approximate surface area is 110 Å². The van der Waals surface area contributed by atoms with E-state index in [0.717, 1.165) is 11.8 Å². The van der Waals surface area contributed by atoms with Crippen molar-refractivity contribution in [3.05, 3.63) is 0 Å². The molecule has 0 spiro atoms. The van der Waals surface area contributed by atoms with Crippen molar-refractivity contribution in [1.82, 2.24) is 0 Å². The quantitative estimate of drug-likeness (QED) is 0.490. The molecular formula is C17H34. The minimum Gasteiger partial charge on any atom is -0.0654 e. The van der Waals surface area contributed by atoms with Gasteiger partial charge in [0.05, 0.1) is 0 Å². The molecule has 0 aromatic carbocycles. The van der Waals surface area contributed by atoms with Gasteiger partial charge in [-0.1, -0.05) is 97.3 Å². The minimum atomic E-state index is 1.04. The predicted octanol–water partition coefficient (Wildman–Crippen LogP) is 6.34. The second-order valence-electron chi connectivity index (χ2n) is 6.20. The standard InChI is InChI=1S/C17H34/c1-3-5-8-12-17-13-10-7-6-9-11-16(4-2)14-15-17/h16-17H,3-15H2,1-2H3. The molecule has 0 saturated heterocycles. The highest BCUT2D eigenvalue weighted by atomic mass is 14.2. The van der Waals surface area contributed by atoms with Crippen molar-refractivity contribution in [2.45, 2.75) is 97.3 Å². The van der Waals surface area contributed by atoms with Gasteiger partial charge in [-0.15, -0.1) is 0 Å². The molecule has 2 atom stereocenters. The van der Waals surface area contributed by atoms with Gasteiger partial charge in [0.15, 0.2) is 0 Å². The Kier molecular flexibility index (Phi) is 8.83. The van der Waals surface area contributed by atoms with Crippen LogP contribution in [-0.2, 0) is 0 Å². The van der Waals surface area contributed by atoms with Crippen molar-refractivity contribution in [3.8, 4) is 0 Å². The van der Waals surface area contributed by atoms with E-state index in [1.807, 2.05) is 0 Å². The minimum absolute atomic E-state index is 1.04. The van der Waals surface area contributed by atoms with E-state index in [0.29, 0.717) is 0 Å². The van der Waals surface area contributed by atoms with Crippen LogP contribution in [0.3, 0.4) is 0 Å². The molecule has 102 valence electrons. The first kappa shape index (κ1) is 15.1. The molecule has 0 amide bonds. The maximum absolute atomic E-state index is 2.39. The number of rotatable bonds is 5. The molecule has 17 heavy (non-hydrogen) atoms. The van der Waals surface area contributed by atoms with Gasteiger partial charge in [0.2, 0.25) is 0 Å². The average Bonchev–Trinajstić information content (AvgIpc) is 2.37. The van der Waals surface area contributed by atoms with E-state index in [-0.39, 0.29) is 0 Å². The van der Waals surface area contributed by atoms with Crippen molar-refractivity contribution in [3.63, 3.8) is 0 Å². The SMILES string of the molecule is CCCCCC1CCCCCCC(CC)CC1. The molecule has 0 radical (unpaired) electrons. The molecule has 1 rings (SSSR count). The van der Waals surface area contributed by atoms with Crippen molar-refractivity contribution in [2.75, 3.05) is 0 Å². The highest BCUT2D eigenvalue weighted by molar-refractivity contribution is 4.67. The maximum atomic E-state index is 2.39. The second kappa shape index (κ2) is 9.97. The maximum Gasteiger partial charge on any atom is -0.0414 e. The van der Waals surface area contributed by atoms with Gasteiger partial charge >= 0.3 is 0 Å². The molecule has 0 heteroatoms. The zero-order chi connectivity index (χ0) is 12.3. The number of unbranched alkanes of at least 4 members (excludes halogenated alkanes) is 2. The lowest BCUT2D eigenvalue weighted by molar-refractivity contribution is 0.307. The fraction of sp³-hybridized carbons (Fsp3) is 1.00. The molecule has 0 nitrogen and oxygen atoms in total. The molecule has 1 saturated carbocycles. The first-order valence-electron chi connectivity index (χ1n) is 8.36. The van der Waals surface area contributed by atoms with E-state index in [9.17, 15) is 0 Å². The molecule has 0 heterocycles. The summed E-state index contributed by atoms with van der Waals surface area (Å²) in [6.07, 6.45) is 19.3. The van der Waals surface area contributed by atoms with Crippen LogP contribution in [0.15, 0.2) is 0 Å². The topological polar surface area (TPSA) is 0 Å². The summed E-state index contributed by atoms with van der Waals surface area (Å²) in [6.45, 7) is 4.71. The highest BCUT2D eigenvalue weighted by Gasteiger charge is 2.14. The van der Waals surface area contributed by atoms with E-state index >= 15 is 0 Å². The Morgan fingerprint density at radius 3 is 2.00 bits per heavy atom. The van der Waals surface area contributed by atoms with Crippen LogP contribution in [0.4, 0.5) is 0 Å². The van der Waals surface area contributed by atoms with E-state index in [4.69, 9.17) is 0 Å². The van der Waals surface area contributed by atoms with Crippen LogP contribution in [0.25, 0.3) is 0 Å². The Morgan fingerprint density at radius 2 is 1.35 bits per heavy atom. The van der Waals surface area contributed by atoms with Gasteiger partial charge < -0.3 is 0 Å². The smallest absolute Gasteiger partial charge is 0.0414 e. The summed E-state index contributed by atoms with van der Waals surface area (Å²) in [5.74, 6) is 2.11. The monoisotopic (exact) mass is 238 g/mol. The van der Waals surface area contributed by atoms with Crippen LogP contribution in [-0.4, -0.2) is 0 Å². The predicted molar refractivity (Wildman–Crippen MR) is 78.3 cm³/mol. The number of hydrogen-bond donors (Lipinski definition) is 0. The molecule has 0 N–H and O–H groups in total. The van der Waals surface area contributed by atoms with Crippen molar-refractivity contribution < 1.29 is 0 Å². The van der Waals surface area contributed by atoms with Gasteiger partial charge in [-0.3, -0.25) is 0 Å². The Hall–Kier alpha value is 0.